The first-order valence-electron chi connectivity index (χ1n) is 6.31. The summed E-state index contributed by atoms with van der Waals surface area (Å²) in [5, 5.41) is 18.3. The lowest BCUT2D eigenvalue weighted by Gasteiger charge is -2.31. The van der Waals surface area contributed by atoms with Gasteiger partial charge in [0.2, 0.25) is 0 Å². The largest absolute Gasteiger partial charge is 0.478 e. The molecule has 2 N–H and O–H groups in total. The molecular weight excluding hydrogens is 268 g/mol. The number of aromatic carboxylic acids is 1. The maximum Gasteiger partial charge on any atom is 0.337 e. The van der Waals surface area contributed by atoms with Crippen LogP contribution in [0.1, 0.15) is 37.0 Å². The first-order valence-corrected chi connectivity index (χ1v) is 6.69. The van der Waals surface area contributed by atoms with Crippen molar-refractivity contribution >= 4 is 23.4 Å². The summed E-state index contributed by atoms with van der Waals surface area (Å²) in [5.41, 5.74) is 0.0283. The Balaban J connectivity index is 3.15. The number of carboxylic acids is 1. The SMILES string of the molecule is CCC(CC)N(CCO)c1cc(C(=O)O)c(Cl)cn1. The molecule has 0 aliphatic carbocycles. The zero-order valence-electron chi connectivity index (χ0n) is 11.1. The zero-order valence-corrected chi connectivity index (χ0v) is 11.9. The minimum absolute atomic E-state index is 0.0107. The first-order chi connectivity index (χ1) is 9.04. The highest BCUT2D eigenvalue weighted by Gasteiger charge is 2.19. The third kappa shape index (κ3) is 3.81. The highest BCUT2D eigenvalue weighted by Crippen LogP contribution is 2.23. The second-order valence-electron chi connectivity index (χ2n) is 4.21. The molecule has 0 radical (unpaired) electrons. The van der Waals surface area contributed by atoms with Crippen LogP contribution < -0.4 is 4.90 Å². The average molecular weight is 287 g/mol. The third-order valence-electron chi connectivity index (χ3n) is 3.09. The van der Waals surface area contributed by atoms with Crippen LogP contribution in [-0.4, -0.2) is 40.4 Å². The number of aliphatic hydroxyl groups is 1. The van der Waals surface area contributed by atoms with Crippen LogP contribution in [0.4, 0.5) is 5.82 Å². The number of nitrogens with zero attached hydrogens (tertiary/aromatic N) is 2. The molecule has 1 aromatic heterocycles. The van der Waals surface area contributed by atoms with Crippen molar-refractivity contribution in [2.75, 3.05) is 18.1 Å². The minimum Gasteiger partial charge on any atom is -0.478 e. The van der Waals surface area contributed by atoms with Gasteiger partial charge in [-0.25, -0.2) is 9.78 Å². The molecule has 0 fully saturated rings. The number of anilines is 1. The fraction of sp³-hybridized carbons (Fsp3) is 0.538. The summed E-state index contributed by atoms with van der Waals surface area (Å²) in [4.78, 5) is 17.2. The van der Waals surface area contributed by atoms with Crippen LogP contribution in [0.2, 0.25) is 5.02 Å². The number of aliphatic hydroxyl groups excluding tert-OH is 1. The van der Waals surface area contributed by atoms with E-state index in [2.05, 4.69) is 4.98 Å². The van der Waals surface area contributed by atoms with E-state index in [0.717, 1.165) is 12.8 Å². The van der Waals surface area contributed by atoms with E-state index >= 15 is 0 Å². The van der Waals surface area contributed by atoms with Crippen LogP contribution in [-0.2, 0) is 0 Å². The molecule has 106 valence electrons. The van der Waals surface area contributed by atoms with E-state index in [1.165, 1.54) is 12.3 Å². The van der Waals surface area contributed by atoms with Crippen molar-refractivity contribution in [2.24, 2.45) is 0 Å². The molecule has 0 aromatic carbocycles. The van der Waals surface area contributed by atoms with Gasteiger partial charge < -0.3 is 15.1 Å². The van der Waals surface area contributed by atoms with Crippen molar-refractivity contribution in [3.8, 4) is 0 Å². The molecule has 5 nitrogen and oxygen atoms in total. The fourth-order valence-corrected chi connectivity index (χ4v) is 2.25. The van der Waals surface area contributed by atoms with Crippen LogP contribution in [0.3, 0.4) is 0 Å². The standard InChI is InChI=1S/C13H19ClN2O3/c1-3-9(4-2)16(5-6-17)12-7-10(13(18)19)11(14)8-15-12/h7-9,17H,3-6H2,1-2H3,(H,18,19). The number of rotatable bonds is 7. The van der Waals surface area contributed by atoms with Crippen LogP contribution in [0.5, 0.6) is 0 Å². The number of hydrogen-bond donors (Lipinski definition) is 2. The number of hydrogen-bond acceptors (Lipinski definition) is 4. The average Bonchev–Trinajstić information content (AvgIpc) is 2.39. The van der Waals surface area contributed by atoms with Crippen molar-refractivity contribution in [3.63, 3.8) is 0 Å². The van der Waals surface area contributed by atoms with Crippen LogP contribution >= 0.6 is 11.6 Å². The fourth-order valence-electron chi connectivity index (χ4n) is 2.07. The lowest BCUT2D eigenvalue weighted by molar-refractivity contribution is 0.0697. The van der Waals surface area contributed by atoms with Gasteiger partial charge in [-0.15, -0.1) is 0 Å². The molecule has 6 heteroatoms. The summed E-state index contributed by atoms with van der Waals surface area (Å²) in [6.07, 6.45) is 3.12. The Morgan fingerprint density at radius 3 is 2.58 bits per heavy atom. The van der Waals surface area contributed by atoms with Gasteiger partial charge in [-0.3, -0.25) is 0 Å². The van der Waals surface area contributed by atoms with Gasteiger partial charge in [0.1, 0.15) is 5.82 Å². The predicted octanol–water partition coefficient (Wildman–Crippen LogP) is 2.42. The lowest BCUT2D eigenvalue weighted by atomic mass is 10.1. The van der Waals surface area contributed by atoms with E-state index in [1.807, 2.05) is 18.7 Å². The van der Waals surface area contributed by atoms with E-state index < -0.39 is 5.97 Å². The summed E-state index contributed by atoms with van der Waals surface area (Å²) >= 11 is 5.81. The number of carbonyl (C=O) groups is 1. The number of halogens is 1. The van der Waals surface area contributed by atoms with Gasteiger partial charge in [0, 0.05) is 18.8 Å². The summed E-state index contributed by atoms with van der Waals surface area (Å²) in [6.45, 7) is 4.50. The molecule has 1 rings (SSSR count). The summed E-state index contributed by atoms with van der Waals surface area (Å²) in [6, 6.07) is 1.67. The molecule has 0 spiro atoms. The molecule has 0 bridgehead atoms. The predicted molar refractivity (Wildman–Crippen MR) is 75.0 cm³/mol. The Hall–Kier alpha value is -1.33. The van der Waals surface area contributed by atoms with Crippen molar-refractivity contribution in [1.29, 1.82) is 0 Å². The maximum atomic E-state index is 11.1. The molecular formula is C13H19ClN2O3. The van der Waals surface area contributed by atoms with Crippen molar-refractivity contribution < 1.29 is 15.0 Å². The van der Waals surface area contributed by atoms with Gasteiger partial charge in [-0.1, -0.05) is 25.4 Å². The quantitative estimate of drug-likeness (QED) is 0.805. The Bertz CT molecular complexity index is 436. The molecule has 0 unspecified atom stereocenters. The number of carboxylic acid groups (broad SMARTS) is 1. The van der Waals surface area contributed by atoms with E-state index in [1.54, 1.807) is 0 Å². The van der Waals surface area contributed by atoms with Crippen LogP contribution in [0.25, 0.3) is 0 Å². The molecule has 0 saturated carbocycles. The topological polar surface area (TPSA) is 73.7 Å². The molecule has 0 aliphatic rings. The van der Waals surface area contributed by atoms with Crippen molar-refractivity contribution in [1.82, 2.24) is 4.98 Å². The van der Waals surface area contributed by atoms with E-state index in [0.29, 0.717) is 12.4 Å². The zero-order chi connectivity index (χ0) is 14.4. The Labute approximate surface area is 117 Å². The highest BCUT2D eigenvalue weighted by atomic mass is 35.5. The van der Waals surface area contributed by atoms with Gasteiger partial charge in [0.05, 0.1) is 17.2 Å². The minimum atomic E-state index is -1.08. The summed E-state index contributed by atoms with van der Waals surface area (Å²) < 4.78 is 0. The van der Waals surface area contributed by atoms with Gasteiger partial charge >= 0.3 is 5.97 Å². The molecule has 0 atom stereocenters. The van der Waals surface area contributed by atoms with Gasteiger partial charge in [0.25, 0.3) is 0 Å². The van der Waals surface area contributed by atoms with E-state index in [4.69, 9.17) is 21.8 Å². The summed E-state index contributed by atoms with van der Waals surface area (Å²) in [5.74, 6) is -0.549. The van der Waals surface area contributed by atoms with Crippen molar-refractivity contribution in [3.05, 3.63) is 22.8 Å². The second-order valence-corrected chi connectivity index (χ2v) is 4.62. The normalized spacial score (nSPS) is 10.8. The molecule has 19 heavy (non-hydrogen) atoms. The second kappa shape index (κ2) is 7.31. The van der Waals surface area contributed by atoms with Gasteiger partial charge in [-0.2, -0.15) is 0 Å². The van der Waals surface area contributed by atoms with Gasteiger partial charge in [0.15, 0.2) is 0 Å². The van der Waals surface area contributed by atoms with Crippen LogP contribution in [0, 0.1) is 0 Å². The lowest BCUT2D eigenvalue weighted by Crippen LogP contribution is -2.37. The number of pyridine rings is 1. The third-order valence-corrected chi connectivity index (χ3v) is 3.39. The van der Waals surface area contributed by atoms with Crippen LogP contribution in [0.15, 0.2) is 12.3 Å². The maximum absolute atomic E-state index is 11.1. The smallest absolute Gasteiger partial charge is 0.337 e. The summed E-state index contributed by atoms with van der Waals surface area (Å²) in [7, 11) is 0. The highest BCUT2D eigenvalue weighted by molar-refractivity contribution is 6.33. The number of aromatic nitrogens is 1. The molecule has 1 heterocycles. The molecule has 0 saturated heterocycles. The monoisotopic (exact) mass is 286 g/mol. The Morgan fingerprint density at radius 1 is 1.47 bits per heavy atom. The van der Waals surface area contributed by atoms with Gasteiger partial charge in [-0.05, 0) is 18.9 Å². The van der Waals surface area contributed by atoms with E-state index in [9.17, 15) is 4.79 Å². The van der Waals surface area contributed by atoms with E-state index in [-0.39, 0.29) is 23.2 Å². The Morgan fingerprint density at radius 2 is 2.11 bits per heavy atom. The molecule has 0 amide bonds. The first kappa shape index (κ1) is 15.7. The molecule has 1 aromatic rings. The Kier molecular flexibility index (Phi) is 6.05. The van der Waals surface area contributed by atoms with Crippen molar-refractivity contribution in [2.45, 2.75) is 32.7 Å². The molecule has 0 aliphatic heterocycles.